The number of hydrazone groups is 1. The van der Waals surface area contributed by atoms with Gasteiger partial charge < -0.3 is 0 Å². The summed E-state index contributed by atoms with van der Waals surface area (Å²) in [6, 6.07) is 27.8. The summed E-state index contributed by atoms with van der Waals surface area (Å²) in [5.41, 5.74) is 4.90. The quantitative estimate of drug-likeness (QED) is 0.661. The fourth-order valence-electron chi connectivity index (χ4n) is 3.27. The number of benzene rings is 3. The minimum absolute atomic E-state index is 0.0650. The molecule has 0 N–H and O–H groups in total. The van der Waals surface area contributed by atoms with Crippen LogP contribution < -0.4 is 0 Å². The van der Waals surface area contributed by atoms with Gasteiger partial charge in [0.25, 0.3) is 5.91 Å². The minimum atomic E-state index is -0.0831. The van der Waals surface area contributed by atoms with Crippen molar-refractivity contribution in [3.8, 4) is 0 Å². The van der Waals surface area contributed by atoms with E-state index in [2.05, 4.69) is 12.1 Å². The Kier molecular flexibility index (Phi) is 4.36. The fourth-order valence-corrected chi connectivity index (χ4v) is 3.27. The molecule has 128 valence electrons. The van der Waals surface area contributed by atoms with Crippen LogP contribution in [-0.2, 0) is 0 Å². The van der Waals surface area contributed by atoms with E-state index in [0.717, 1.165) is 22.4 Å². The third kappa shape index (κ3) is 3.16. The molecule has 0 radical (unpaired) electrons. The van der Waals surface area contributed by atoms with E-state index in [9.17, 15) is 4.79 Å². The number of hydrogen-bond donors (Lipinski definition) is 0. The molecule has 1 amide bonds. The van der Waals surface area contributed by atoms with Crippen molar-refractivity contribution in [2.24, 2.45) is 5.10 Å². The van der Waals surface area contributed by atoms with E-state index < -0.39 is 0 Å². The molecule has 3 aromatic rings. The van der Waals surface area contributed by atoms with Crippen molar-refractivity contribution in [2.75, 3.05) is 0 Å². The van der Waals surface area contributed by atoms with Crippen molar-refractivity contribution in [2.45, 2.75) is 19.4 Å². The van der Waals surface area contributed by atoms with Crippen LogP contribution in [0.4, 0.5) is 0 Å². The van der Waals surface area contributed by atoms with Crippen LogP contribution in [0.25, 0.3) is 0 Å². The molecule has 0 spiro atoms. The molecule has 1 aliphatic heterocycles. The predicted molar refractivity (Wildman–Crippen MR) is 104 cm³/mol. The molecule has 0 bridgehead atoms. The van der Waals surface area contributed by atoms with Crippen LogP contribution in [0.1, 0.15) is 39.5 Å². The number of carbonyl (C=O) groups is 1. The monoisotopic (exact) mass is 340 g/mol. The second-order valence-electron chi connectivity index (χ2n) is 6.56. The molecule has 1 aliphatic rings. The number of amides is 1. The van der Waals surface area contributed by atoms with E-state index in [1.807, 2.05) is 79.7 Å². The average molecular weight is 340 g/mol. The molecule has 4 rings (SSSR count). The van der Waals surface area contributed by atoms with Crippen molar-refractivity contribution in [3.05, 3.63) is 107 Å². The third-order valence-corrected chi connectivity index (χ3v) is 4.71. The normalized spacial score (nSPS) is 16.4. The molecular formula is C23H20N2O. The van der Waals surface area contributed by atoms with Crippen LogP contribution in [-0.4, -0.2) is 16.6 Å². The van der Waals surface area contributed by atoms with Gasteiger partial charge in [-0.05, 0) is 30.2 Å². The van der Waals surface area contributed by atoms with Crippen molar-refractivity contribution in [1.29, 1.82) is 0 Å². The van der Waals surface area contributed by atoms with Crippen molar-refractivity contribution in [1.82, 2.24) is 5.01 Å². The van der Waals surface area contributed by atoms with Crippen molar-refractivity contribution in [3.63, 3.8) is 0 Å². The number of hydrogen-bond acceptors (Lipinski definition) is 2. The maximum atomic E-state index is 13.1. The molecule has 3 nitrogen and oxygen atoms in total. The van der Waals surface area contributed by atoms with Crippen LogP contribution in [0.2, 0.25) is 0 Å². The number of rotatable bonds is 3. The maximum absolute atomic E-state index is 13.1. The van der Waals surface area contributed by atoms with Crippen LogP contribution in [0, 0.1) is 6.92 Å². The number of nitrogens with zero attached hydrogens (tertiary/aromatic N) is 2. The number of carbonyl (C=O) groups excluding carboxylic acids is 1. The van der Waals surface area contributed by atoms with Gasteiger partial charge in [-0.1, -0.05) is 78.4 Å². The highest BCUT2D eigenvalue weighted by atomic mass is 16.2. The molecule has 3 aromatic carbocycles. The topological polar surface area (TPSA) is 32.7 Å². The van der Waals surface area contributed by atoms with Gasteiger partial charge in [0.15, 0.2) is 0 Å². The minimum Gasteiger partial charge on any atom is -0.267 e. The van der Waals surface area contributed by atoms with E-state index >= 15 is 0 Å². The second-order valence-corrected chi connectivity index (χ2v) is 6.56. The molecule has 0 saturated carbocycles. The molecule has 1 heterocycles. The maximum Gasteiger partial charge on any atom is 0.274 e. The lowest BCUT2D eigenvalue weighted by Crippen LogP contribution is -2.27. The Morgan fingerprint density at radius 2 is 1.50 bits per heavy atom. The Labute approximate surface area is 153 Å². The van der Waals surface area contributed by atoms with Crippen LogP contribution in [0.15, 0.2) is 90.0 Å². The summed E-state index contributed by atoms with van der Waals surface area (Å²) in [6.07, 6.45) is 0.714. The zero-order valence-electron chi connectivity index (χ0n) is 14.7. The molecule has 0 fully saturated rings. The van der Waals surface area contributed by atoms with E-state index in [4.69, 9.17) is 5.10 Å². The summed E-state index contributed by atoms with van der Waals surface area (Å²) >= 11 is 0. The first kappa shape index (κ1) is 16.3. The lowest BCUT2D eigenvalue weighted by molar-refractivity contribution is 0.0711. The molecule has 0 saturated heterocycles. The summed E-state index contributed by atoms with van der Waals surface area (Å²) in [5.74, 6) is -0.0650. The van der Waals surface area contributed by atoms with Gasteiger partial charge in [-0.2, -0.15) is 5.10 Å². The molecule has 26 heavy (non-hydrogen) atoms. The van der Waals surface area contributed by atoms with E-state index in [1.165, 1.54) is 0 Å². The standard InChI is InChI=1S/C23H20N2O/c1-17-12-14-20(15-13-17)23(26)25-22(19-10-6-3-7-11-19)16-21(24-25)18-8-4-2-5-9-18/h2-15,22H,16H2,1H3. The van der Waals surface area contributed by atoms with Gasteiger partial charge in [0, 0.05) is 12.0 Å². The zero-order chi connectivity index (χ0) is 17.9. The number of aryl methyl sites for hydroxylation is 1. The predicted octanol–water partition coefficient (Wildman–Crippen LogP) is 4.99. The Hall–Kier alpha value is -3.20. The van der Waals surface area contributed by atoms with E-state index in [1.54, 1.807) is 5.01 Å². The highest BCUT2D eigenvalue weighted by Gasteiger charge is 2.33. The van der Waals surface area contributed by atoms with E-state index in [0.29, 0.717) is 12.0 Å². The molecule has 3 heteroatoms. The van der Waals surface area contributed by atoms with Gasteiger partial charge in [0.2, 0.25) is 0 Å². The van der Waals surface area contributed by atoms with Gasteiger partial charge in [-0.3, -0.25) is 4.79 Å². The largest absolute Gasteiger partial charge is 0.274 e. The van der Waals surface area contributed by atoms with Gasteiger partial charge in [0.05, 0.1) is 11.8 Å². The van der Waals surface area contributed by atoms with Crippen LogP contribution >= 0.6 is 0 Å². The van der Waals surface area contributed by atoms with Crippen molar-refractivity contribution >= 4 is 11.6 Å². The summed E-state index contributed by atoms with van der Waals surface area (Å²) < 4.78 is 0. The summed E-state index contributed by atoms with van der Waals surface area (Å²) in [4.78, 5) is 13.1. The van der Waals surface area contributed by atoms with Crippen LogP contribution in [0.5, 0.6) is 0 Å². The third-order valence-electron chi connectivity index (χ3n) is 4.71. The highest BCUT2D eigenvalue weighted by molar-refractivity contribution is 6.05. The van der Waals surface area contributed by atoms with Gasteiger partial charge in [-0.15, -0.1) is 0 Å². The van der Waals surface area contributed by atoms with Gasteiger partial charge >= 0.3 is 0 Å². The molecule has 0 aromatic heterocycles. The second kappa shape index (κ2) is 6.96. The lowest BCUT2D eigenvalue weighted by Gasteiger charge is -2.22. The summed E-state index contributed by atoms with van der Waals surface area (Å²) in [7, 11) is 0. The Balaban J connectivity index is 1.72. The SMILES string of the molecule is Cc1ccc(C(=O)N2N=C(c3ccccc3)CC2c2ccccc2)cc1. The smallest absolute Gasteiger partial charge is 0.267 e. The molecule has 1 atom stereocenters. The van der Waals surface area contributed by atoms with Gasteiger partial charge in [0.1, 0.15) is 0 Å². The van der Waals surface area contributed by atoms with Crippen molar-refractivity contribution < 1.29 is 4.79 Å². The Morgan fingerprint density at radius 3 is 2.15 bits per heavy atom. The molecule has 0 aliphatic carbocycles. The highest BCUT2D eigenvalue weighted by Crippen LogP contribution is 2.33. The molecular weight excluding hydrogens is 320 g/mol. The average Bonchev–Trinajstić information content (AvgIpc) is 3.15. The summed E-state index contributed by atoms with van der Waals surface area (Å²) in [6.45, 7) is 2.02. The van der Waals surface area contributed by atoms with Gasteiger partial charge in [-0.25, -0.2) is 5.01 Å². The first-order valence-electron chi connectivity index (χ1n) is 8.80. The first-order valence-corrected chi connectivity index (χ1v) is 8.80. The Morgan fingerprint density at radius 1 is 0.885 bits per heavy atom. The summed E-state index contributed by atoms with van der Waals surface area (Å²) in [5, 5.41) is 6.36. The zero-order valence-corrected chi connectivity index (χ0v) is 14.7. The first-order chi connectivity index (χ1) is 12.7. The fraction of sp³-hybridized carbons (Fsp3) is 0.130. The lowest BCUT2D eigenvalue weighted by atomic mass is 9.98. The molecule has 1 unspecified atom stereocenters. The Bertz CT molecular complexity index is 931. The van der Waals surface area contributed by atoms with E-state index in [-0.39, 0.29) is 11.9 Å². The van der Waals surface area contributed by atoms with Crippen LogP contribution in [0.3, 0.4) is 0 Å².